The molecule has 0 aliphatic heterocycles. The van der Waals surface area contributed by atoms with Gasteiger partial charge in [0, 0.05) is 19.0 Å². The minimum Gasteiger partial charge on any atom is -0.480 e. The first kappa shape index (κ1) is 15.4. The van der Waals surface area contributed by atoms with Crippen molar-refractivity contribution in [1.82, 2.24) is 10.2 Å². The summed E-state index contributed by atoms with van der Waals surface area (Å²) in [6.07, 6.45) is 3.21. The Balaban J connectivity index is 1.98. The molecule has 1 aromatic carbocycles. The summed E-state index contributed by atoms with van der Waals surface area (Å²) in [5, 5.41) is 12.0. The molecule has 0 radical (unpaired) electrons. The van der Waals surface area contributed by atoms with Crippen molar-refractivity contribution < 1.29 is 14.7 Å². The summed E-state index contributed by atoms with van der Waals surface area (Å²) in [5.41, 5.74) is 0.902. The molecule has 0 spiro atoms. The van der Waals surface area contributed by atoms with Crippen LogP contribution in [0.4, 0.5) is 4.79 Å². The Hall–Kier alpha value is -2.04. The lowest BCUT2D eigenvalue weighted by Gasteiger charge is -2.24. The van der Waals surface area contributed by atoms with Gasteiger partial charge in [0.1, 0.15) is 6.04 Å². The Morgan fingerprint density at radius 1 is 1.33 bits per heavy atom. The number of rotatable bonds is 7. The van der Waals surface area contributed by atoms with Crippen molar-refractivity contribution in [3.05, 3.63) is 35.9 Å². The average Bonchev–Trinajstić information content (AvgIpc) is 3.29. The number of carbonyl (C=O) groups is 2. The second-order valence-corrected chi connectivity index (χ2v) is 5.45. The summed E-state index contributed by atoms with van der Waals surface area (Å²) in [6.45, 7) is 2.69. The summed E-state index contributed by atoms with van der Waals surface area (Å²) >= 11 is 0. The zero-order valence-electron chi connectivity index (χ0n) is 12.3. The Bertz CT molecular complexity index is 486. The van der Waals surface area contributed by atoms with Gasteiger partial charge in [-0.05, 0) is 24.8 Å². The first-order valence-electron chi connectivity index (χ1n) is 7.45. The average molecular weight is 290 g/mol. The Kier molecular flexibility index (Phi) is 5.20. The van der Waals surface area contributed by atoms with Gasteiger partial charge in [-0.25, -0.2) is 9.59 Å². The second kappa shape index (κ2) is 7.11. The maximum Gasteiger partial charge on any atom is 0.326 e. The smallest absolute Gasteiger partial charge is 0.326 e. The van der Waals surface area contributed by atoms with E-state index >= 15 is 0 Å². The number of urea groups is 1. The third kappa shape index (κ3) is 4.48. The number of nitrogens with zero attached hydrogens (tertiary/aromatic N) is 1. The maximum atomic E-state index is 12.3. The minimum atomic E-state index is -1.00. The van der Waals surface area contributed by atoms with Gasteiger partial charge in [-0.2, -0.15) is 0 Å². The van der Waals surface area contributed by atoms with Crippen LogP contribution in [0.2, 0.25) is 0 Å². The van der Waals surface area contributed by atoms with Crippen LogP contribution in [-0.2, 0) is 11.2 Å². The van der Waals surface area contributed by atoms with Gasteiger partial charge in [0.25, 0.3) is 0 Å². The number of carboxylic acid groups (broad SMARTS) is 1. The monoisotopic (exact) mass is 290 g/mol. The molecule has 0 bridgehead atoms. The molecule has 0 unspecified atom stereocenters. The molecule has 2 N–H and O–H groups in total. The van der Waals surface area contributed by atoms with Crippen molar-refractivity contribution in [1.29, 1.82) is 0 Å². The molecule has 0 heterocycles. The molecule has 1 aliphatic carbocycles. The van der Waals surface area contributed by atoms with Crippen LogP contribution >= 0.6 is 0 Å². The maximum absolute atomic E-state index is 12.3. The number of hydrogen-bond acceptors (Lipinski definition) is 2. The van der Waals surface area contributed by atoms with Crippen LogP contribution in [0.5, 0.6) is 0 Å². The number of aliphatic carboxylic acids is 1. The van der Waals surface area contributed by atoms with Crippen LogP contribution < -0.4 is 5.32 Å². The third-order valence-electron chi connectivity index (χ3n) is 3.59. The lowest BCUT2D eigenvalue weighted by atomic mass is 10.1. The number of hydrogen-bond donors (Lipinski definition) is 2. The van der Waals surface area contributed by atoms with E-state index in [1.54, 1.807) is 4.90 Å². The van der Waals surface area contributed by atoms with Crippen LogP contribution in [0.1, 0.15) is 31.7 Å². The molecule has 2 amide bonds. The van der Waals surface area contributed by atoms with Gasteiger partial charge in [0.05, 0.1) is 0 Å². The van der Waals surface area contributed by atoms with Crippen LogP contribution in [0.15, 0.2) is 30.3 Å². The Labute approximate surface area is 125 Å². The standard InChI is InChI=1S/C16H22N2O3/c1-2-10-18(13-8-9-13)16(21)17-14(15(19)20)11-12-6-4-3-5-7-12/h3-7,13-14H,2,8-11H2,1H3,(H,17,21)(H,19,20)/t14-/m1/s1. The number of amides is 2. The normalized spacial score (nSPS) is 15.3. The van der Waals surface area contributed by atoms with E-state index in [1.165, 1.54) is 0 Å². The highest BCUT2D eigenvalue weighted by Gasteiger charge is 2.33. The van der Waals surface area contributed by atoms with Gasteiger partial charge in [-0.1, -0.05) is 37.3 Å². The van der Waals surface area contributed by atoms with Crippen molar-refractivity contribution >= 4 is 12.0 Å². The lowest BCUT2D eigenvalue weighted by molar-refractivity contribution is -0.139. The molecule has 5 nitrogen and oxygen atoms in total. The van der Waals surface area contributed by atoms with Gasteiger partial charge >= 0.3 is 12.0 Å². The molecule has 1 fully saturated rings. The zero-order valence-corrected chi connectivity index (χ0v) is 12.3. The number of nitrogens with one attached hydrogen (secondary N) is 1. The molecule has 0 aromatic heterocycles. The third-order valence-corrected chi connectivity index (χ3v) is 3.59. The first-order chi connectivity index (χ1) is 10.1. The highest BCUT2D eigenvalue weighted by molar-refractivity contribution is 5.83. The second-order valence-electron chi connectivity index (χ2n) is 5.45. The Morgan fingerprint density at radius 3 is 2.52 bits per heavy atom. The molecule has 21 heavy (non-hydrogen) atoms. The summed E-state index contributed by atoms with van der Waals surface area (Å²) in [5.74, 6) is -1.00. The highest BCUT2D eigenvalue weighted by Crippen LogP contribution is 2.27. The van der Waals surface area contributed by atoms with Gasteiger partial charge in [0.2, 0.25) is 0 Å². The van der Waals surface area contributed by atoms with E-state index in [9.17, 15) is 14.7 Å². The molecule has 1 aromatic rings. The number of benzene rings is 1. The molecule has 1 aliphatic rings. The number of carbonyl (C=O) groups excluding carboxylic acids is 1. The summed E-state index contributed by atoms with van der Waals surface area (Å²) in [4.78, 5) is 25.4. The van der Waals surface area contributed by atoms with Crippen LogP contribution in [-0.4, -0.2) is 40.6 Å². The zero-order chi connectivity index (χ0) is 15.2. The van der Waals surface area contributed by atoms with E-state index in [0.717, 1.165) is 24.8 Å². The van der Waals surface area contributed by atoms with Crippen LogP contribution in [0.3, 0.4) is 0 Å². The largest absolute Gasteiger partial charge is 0.480 e. The van der Waals surface area contributed by atoms with E-state index in [2.05, 4.69) is 5.32 Å². The molecular formula is C16H22N2O3. The molecule has 0 saturated heterocycles. The van der Waals surface area contributed by atoms with E-state index in [-0.39, 0.29) is 12.1 Å². The molecule has 114 valence electrons. The van der Waals surface area contributed by atoms with Gasteiger partial charge < -0.3 is 15.3 Å². The predicted molar refractivity (Wildman–Crippen MR) is 80.1 cm³/mol. The molecule has 1 saturated carbocycles. The fraction of sp³-hybridized carbons (Fsp3) is 0.500. The van der Waals surface area contributed by atoms with Crippen LogP contribution in [0.25, 0.3) is 0 Å². The topological polar surface area (TPSA) is 69.6 Å². The molecule has 1 atom stereocenters. The van der Waals surface area contributed by atoms with E-state index in [4.69, 9.17) is 0 Å². The van der Waals surface area contributed by atoms with Crippen LogP contribution in [0, 0.1) is 0 Å². The molecule has 5 heteroatoms. The molecular weight excluding hydrogens is 268 g/mol. The van der Waals surface area contributed by atoms with Gasteiger partial charge in [0.15, 0.2) is 0 Å². The summed E-state index contributed by atoms with van der Waals surface area (Å²) in [7, 11) is 0. The van der Waals surface area contributed by atoms with E-state index < -0.39 is 12.0 Å². The summed E-state index contributed by atoms with van der Waals surface area (Å²) in [6, 6.07) is 8.48. The van der Waals surface area contributed by atoms with Gasteiger partial charge in [-0.3, -0.25) is 0 Å². The highest BCUT2D eigenvalue weighted by atomic mass is 16.4. The van der Waals surface area contributed by atoms with Crippen molar-refractivity contribution in [3.63, 3.8) is 0 Å². The quantitative estimate of drug-likeness (QED) is 0.809. The van der Waals surface area contributed by atoms with Gasteiger partial charge in [-0.15, -0.1) is 0 Å². The number of carboxylic acids is 1. The van der Waals surface area contributed by atoms with E-state index in [1.807, 2.05) is 37.3 Å². The first-order valence-corrected chi connectivity index (χ1v) is 7.45. The lowest BCUT2D eigenvalue weighted by Crippen LogP contribution is -2.49. The van der Waals surface area contributed by atoms with Crippen molar-refractivity contribution in [3.8, 4) is 0 Å². The minimum absolute atomic E-state index is 0.261. The van der Waals surface area contributed by atoms with Crippen molar-refractivity contribution in [2.75, 3.05) is 6.54 Å². The molecule has 2 rings (SSSR count). The van der Waals surface area contributed by atoms with Crippen molar-refractivity contribution in [2.24, 2.45) is 0 Å². The van der Waals surface area contributed by atoms with E-state index in [0.29, 0.717) is 13.0 Å². The Morgan fingerprint density at radius 2 is 2.00 bits per heavy atom. The fourth-order valence-electron chi connectivity index (χ4n) is 2.36. The fourth-order valence-corrected chi connectivity index (χ4v) is 2.36. The predicted octanol–water partition coefficient (Wildman–Crippen LogP) is 2.27. The summed E-state index contributed by atoms with van der Waals surface area (Å²) < 4.78 is 0. The SMILES string of the molecule is CCCN(C(=O)N[C@H](Cc1ccccc1)C(=O)O)C1CC1. The van der Waals surface area contributed by atoms with Crippen molar-refractivity contribution in [2.45, 2.75) is 44.7 Å².